The van der Waals surface area contributed by atoms with Crippen molar-refractivity contribution < 1.29 is 14.0 Å². The molecule has 2 N–H and O–H groups in total. The van der Waals surface area contributed by atoms with Gasteiger partial charge in [-0.1, -0.05) is 12.1 Å². The molecule has 0 atom stereocenters. The molecule has 1 fully saturated rings. The van der Waals surface area contributed by atoms with E-state index < -0.39 is 0 Å². The van der Waals surface area contributed by atoms with Crippen LogP contribution in [0.5, 0.6) is 0 Å². The van der Waals surface area contributed by atoms with Gasteiger partial charge in [0.15, 0.2) is 0 Å². The Bertz CT molecular complexity index is 493. The van der Waals surface area contributed by atoms with E-state index in [2.05, 4.69) is 10.6 Å². The van der Waals surface area contributed by atoms with Crippen LogP contribution in [0.2, 0.25) is 0 Å². The van der Waals surface area contributed by atoms with Crippen LogP contribution in [0.25, 0.3) is 6.08 Å². The average molecular weight is 262 g/mol. The zero-order chi connectivity index (χ0) is 13.7. The van der Waals surface area contributed by atoms with Gasteiger partial charge in [-0.15, -0.1) is 0 Å². The van der Waals surface area contributed by atoms with Gasteiger partial charge < -0.3 is 10.6 Å². The number of rotatable bonds is 5. The second-order valence-electron chi connectivity index (χ2n) is 4.44. The van der Waals surface area contributed by atoms with Crippen molar-refractivity contribution in [2.75, 3.05) is 6.54 Å². The maximum absolute atomic E-state index is 12.7. The van der Waals surface area contributed by atoms with E-state index in [1.807, 2.05) is 0 Å². The minimum absolute atomic E-state index is 0.0247. The molecule has 0 saturated heterocycles. The Morgan fingerprint density at radius 2 is 1.95 bits per heavy atom. The highest BCUT2D eigenvalue weighted by atomic mass is 19.1. The van der Waals surface area contributed by atoms with Gasteiger partial charge in [0.05, 0.1) is 6.54 Å². The molecular formula is C14H15FN2O2. The van der Waals surface area contributed by atoms with Crippen molar-refractivity contribution in [3.8, 4) is 0 Å². The summed E-state index contributed by atoms with van der Waals surface area (Å²) in [6.07, 6.45) is 4.92. The molecule has 5 heteroatoms. The lowest BCUT2D eigenvalue weighted by molar-refractivity contribution is -0.124. The second-order valence-corrected chi connectivity index (χ2v) is 4.44. The number of hydrogen-bond donors (Lipinski definition) is 2. The van der Waals surface area contributed by atoms with E-state index in [0.29, 0.717) is 6.04 Å². The molecule has 0 radical (unpaired) electrons. The topological polar surface area (TPSA) is 58.2 Å². The van der Waals surface area contributed by atoms with Crippen molar-refractivity contribution >= 4 is 17.9 Å². The summed E-state index contributed by atoms with van der Waals surface area (Å²) in [7, 11) is 0. The van der Waals surface area contributed by atoms with Gasteiger partial charge in [0.1, 0.15) is 5.82 Å². The van der Waals surface area contributed by atoms with E-state index in [1.165, 1.54) is 18.2 Å². The third-order valence-corrected chi connectivity index (χ3v) is 2.66. The van der Waals surface area contributed by atoms with Crippen LogP contribution < -0.4 is 10.6 Å². The van der Waals surface area contributed by atoms with E-state index in [0.717, 1.165) is 18.4 Å². The molecule has 1 aromatic carbocycles. The van der Waals surface area contributed by atoms with E-state index >= 15 is 0 Å². The molecular weight excluding hydrogens is 247 g/mol. The first-order chi connectivity index (χ1) is 9.13. The van der Waals surface area contributed by atoms with Gasteiger partial charge in [-0.25, -0.2) is 4.39 Å². The molecule has 1 aliphatic rings. The Balaban J connectivity index is 1.73. The fourth-order valence-electron chi connectivity index (χ4n) is 1.48. The van der Waals surface area contributed by atoms with Crippen LogP contribution in [-0.2, 0) is 9.59 Å². The van der Waals surface area contributed by atoms with Crippen LogP contribution in [0, 0.1) is 5.82 Å². The van der Waals surface area contributed by atoms with Crippen LogP contribution in [-0.4, -0.2) is 24.4 Å². The molecule has 19 heavy (non-hydrogen) atoms. The standard InChI is InChI=1S/C14H15FN2O2/c15-11-4-1-10(2-5-11)3-8-13(18)16-9-14(19)17-12-6-7-12/h1-5,8,12H,6-7,9H2,(H,16,18)(H,17,19)/b8-3+. The first-order valence-electron chi connectivity index (χ1n) is 6.14. The zero-order valence-corrected chi connectivity index (χ0v) is 10.4. The number of halogens is 1. The average Bonchev–Trinajstić information content (AvgIpc) is 3.19. The molecule has 2 amide bonds. The van der Waals surface area contributed by atoms with Gasteiger partial charge in [0.2, 0.25) is 11.8 Å². The molecule has 1 aliphatic carbocycles. The van der Waals surface area contributed by atoms with E-state index in [-0.39, 0.29) is 24.2 Å². The summed E-state index contributed by atoms with van der Waals surface area (Å²) in [5.74, 6) is -0.848. The number of benzene rings is 1. The molecule has 0 heterocycles. The third kappa shape index (κ3) is 4.91. The van der Waals surface area contributed by atoms with E-state index in [1.54, 1.807) is 18.2 Å². The number of hydrogen-bond acceptors (Lipinski definition) is 2. The molecule has 4 nitrogen and oxygen atoms in total. The molecule has 0 aromatic heterocycles. The Labute approximate surface area is 110 Å². The smallest absolute Gasteiger partial charge is 0.244 e. The Morgan fingerprint density at radius 3 is 2.58 bits per heavy atom. The predicted molar refractivity (Wildman–Crippen MR) is 69.6 cm³/mol. The van der Waals surface area contributed by atoms with Gasteiger partial charge in [-0.2, -0.15) is 0 Å². The predicted octanol–water partition coefficient (Wildman–Crippen LogP) is 1.23. The lowest BCUT2D eigenvalue weighted by Gasteiger charge is -2.03. The van der Waals surface area contributed by atoms with Crippen LogP contribution in [0.4, 0.5) is 4.39 Å². The number of carbonyl (C=O) groups excluding carboxylic acids is 2. The maximum Gasteiger partial charge on any atom is 0.244 e. The second kappa shape index (κ2) is 6.13. The van der Waals surface area contributed by atoms with Crippen molar-refractivity contribution in [3.63, 3.8) is 0 Å². The summed E-state index contributed by atoms with van der Waals surface area (Å²) in [6, 6.07) is 6.07. The summed E-state index contributed by atoms with van der Waals surface area (Å²) in [6.45, 7) is -0.0247. The maximum atomic E-state index is 12.7. The number of carbonyl (C=O) groups is 2. The van der Waals surface area contributed by atoms with Gasteiger partial charge in [0, 0.05) is 12.1 Å². The lowest BCUT2D eigenvalue weighted by Crippen LogP contribution is -2.37. The minimum atomic E-state index is -0.352. The summed E-state index contributed by atoms with van der Waals surface area (Å²) in [5, 5.41) is 5.26. The first-order valence-corrected chi connectivity index (χ1v) is 6.14. The van der Waals surface area contributed by atoms with Crippen molar-refractivity contribution in [3.05, 3.63) is 41.7 Å². The third-order valence-electron chi connectivity index (χ3n) is 2.66. The molecule has 0 spiro atoms. The van der Waals surface area contributed by atoms with Gasteiger partial charge in [0.25, 0.3) is 0 Å². The lowest BCUT2D eigenvalue weighted by atomic mass is 10.2. The highest BCUT2D eigenvalue weighted by Crippen LogP contribution is 2.18. The fourth-order valence-corrected chi connectivity index (χ4v) is 1.48. The minimum Gasteiger partial charge on any atom is -0.352 e. The Morgan fingerprint density at radius 1 is 1.26 bits per heavy atom. The molecule has 100 valence electrons. The molecule has 0 aliphatic heterocycles. The normalized spacial score (nSPS) is 14.4. The molecule has 0 bridgehead atoms. The molecule has 1 saturated carbocycles. The van der Waals surface area contributed by atoms with Crippen molar-refractivity contribution in [1.29, 1.82) is 0 Å². The van der Waals surface area contributed by atoms with Gasteiger partial charge >= 0.3 is 0 Å². The summed E-state index contributed by atoms with van der Waals surface area (Å²) in [4.78, 5) is 22.8. The van der Waals surface area contributed by atoms with Crippen LogP contribution >= 0.6 is 0 Å². The summed E-state index contributed by atoms with van der Waals surface area (Å²) >= 11 is 0. The largest absolute Gasteiger partial charge is 0.352 e. The van der Waals surface area contributed by atoms with Crippen LogP contribution in [0.3, 0.4) is 0 Å². The van der Waals surface area contributed by atoms with Crippen molar-refractivity contribution in [1.82, 2.24) is 10.6 Å². The summed E-state index contributed by atoms with van der Waals surface area (Å²) in [5.41, 5.74) is 0.721. The SMILES string of the molecule is O=C(/C=C/c1ccc(F)cc1)NCC(=O)NC1CC1. The molecule has 0 unspecified atom stereocenters. The number of nitrogens with one attached hydrogen (secondary N) is 2. The number of amides is 2. The monoisotopic (exact) mass is 262 g/mol. The summed E-state index contributed by atoms with van der Waals surface area (Å²) < 4.78 is 12.7. The van der Waals surface area contributed by atoms with Gasteiger partial charge in [-0.05, 0) is 36.6 Å². The van der Waals surface area contributed by atoms with E-state index in [9.17, 15) is 14.0 Å². The van der Waals surface area contributed by atoms with E-state index in [4.69, 9.17) is 0 Å². The quantitative estimate of drug-likeness (QED) is 0.784. The van der Waals surface area contributed by atoms with Crippen LogP contribution in [0.15, 0.2) is 30.3 Å². The Hall–Kier alpha value is -2.17. The molecule has 1 aromatic rings. The highest BCUT2D eigenvalue weighted by Gasteiger charge is 2.22. The van der Waals surface area contributed by atoms with Crippen molar-refractivity contribution in [2.24, 2.45) is 0 Å². The van der Waals surface area contributed by atoms with Crippen molar-refractivity contribution in [2.45, 2.75) is 18.9 Å². The first kappa shape index (κ1) is 13.3. The van der Waals surface area contributed by atoms with Crippen LogP contribution in [0.1, 0.15) is 18.4 Å². The molecule has 2 rings (SSSR count). The fraction of sp³-hybridized carbons (Fsp3) is 0.286. The Kier molecular flexibility index (Phi) is 4.28. The van der Waals surface area contributed by atoms with Gasteiger partial charge in [-0.3, -0.25) is 9.59 Å². The highest BCUT2D eigenvalue weighted by molar-refractivity contribution is 5.94. The zero-order valence-electron chi connectivity index (χ0n) is 10.4.